The van der Waals surface area contributed by atoms with E-state index in [4.69, 9.17) is 15.2 Å². The van der Waals surface area contributed by atoms with E-state index in [2.05, 4.69) is 15.6 Å². The molecule has 1 aliphatic rings. The molecule has 0 spiro atoms. The number of hydrogen-bond donors (Lipinski definition) is 3. The van der Waals surface area contributed by atoms with Gasteiger partial charge in [-0.1, -0.05) is 12.1 Å². The third kappa shape index (κ3) is 7.35. The van der Waals surface area contributed by atoms with E-state index >= 15 is 0 Å². The number of carbonyl (C=O) groups is 1. The van der Waals surface area contributed by atoms with Gasteiger partial charge in [-0.3, -0.25) is 9.79 Å². The number of amides is 1. The van der Waals surface area contributed by atoms with Crippen LogP contribution in [0.25, 0.3) is 0 Å². The summed E-state index contributed by atoms with van der Waals surface area (Å²) in [6.07, 6.45) is 2.47. The number of hydrogen-bond acceptors (Lipinski definition) is 4. The topological polar surface area (TPSA) is 98.0 Å². The molecule has 0 aliphatic carbocycles. The Morgan fingerprint density at radius 1 is 1.46 bits per heavy atom. The molecular weight excluding hydrogens is 423 g/mol. The number of benzene rings is 1. The predicted octanol–water partition coefficient (Wildman–Crippen LogP) is 1.01. The fraction of sp³-hybridized carbons (Fsp3) is 0.500. The highest BCUT2D eigenvalue weighted by Gasteiger charge is 2.15. The standard InChI is InChI=1S/C16H24N4O3.HI/c1-18-16(20-10-14-6-3-7-22-14)19-9-12-4-2-5-13(8-12)23-11-15(17)21;/h2,4-5,8,14H,3,6-7,9-11H2,1H3,(H2,17,21)(H2,18,19,20);1H. The summed E-state index contributed by atoms with van der Waals surface area (Å²) >= 11 is 0. The van der Waals surface area contributed by atoms with Gasteiger partial charge in [0.2, 0.25) is 0 Å². The monoisotopic (exact) mass is 448 g/mol. The third-order valence-corrected chi connectivity index (χ3v) is 3.48. The molecule has 1 amide bonds. The zero-order valence-electron chi connectivity index (χ0n) is 13.8. The minimum Gasteiger partial charge on any atom is -0.484 e. The van der Waals surface area contributed by atoms with Gasteiger partial charge in [-0.05, 0) is 30.5 Å². The van der Waals surface area contributed by atoms with Crippen molar-refractivity contribution in [1.29, 1.82) is 0 Å². The third-order valence-electron chi connectivity index (χ3n) is 3.48. The van der Waals surface area contributed by atoms with Crippen LogP contribution in [0.5, 0.6) is 5.75 Å². The van der Waals surface area contributed by atoms with Gasteiger partial charge < -0.3 is 25.8 Å². The number of aliphatic imine (C=N–C) groups is 1. The van der Waals surface area contributed by atoms with E-state index in [1.807, 2.05) is 18.2 Å². The summed E-state index contributed by atoms with van der Waals surface area (Å²) in [7, 11) is 1.73. The van der Waals surface area contributed by atoms with Gasteiger partial charge in [-0.15, -0.1) is 24.0 Å². The molecule has 0 saturated carbocycles. The van der Waals surface area contributed by atoms with Gasteiger partial charge in [-0.25, -0.2) is 0 Å². The Balaban J connectivity index is 0.00000288. The van der Waals surface area contributed by atoms with Gasteiger partial charge in [0.1, 0.15) is 5.75 Å². The summed E-state index contributed by atoms with van der Waals surface area (Å²) in [6.45, 7) is 2.07. The molecule has 0 aromatic heterocycles. The zero-order chi connectivity index (χ0) is 16.5. The smallest absolute Gasteiger partial charge is 0.255 e. The summed E-state index contributed by atoms with van der Waals surface area (Å²) < 4.78 is 10.9. The molecule has 2 rings (SSSR count). The average molecular weight is 448 g/mol. The van der Waals surface area contributed by atoms with Crippen LogP contribution in [-0.2, 0) is 16.1 Å². The van der Waals surface area contributed by atoms with Gasteiger partial charge in [0, 0.05) is 26.7 Å². The molecule has 1 atom stereocenters. The first kappa shape index (κ1) is 20.5. The number of nitrogens with two attached hydrogens (primary N) is 1. The van der Waals surface area contributed by atoms with Crippen LogP contribution in [0.15, 0.2) is 29.3 Å². The Kier molecular flexibility index (Phi) is 9.46. The number of halogens is 1. The fourth-order valence-corrected chi connectivity index (χ4v) is 2.32. The average Bonchev–Trinajstić information content (AvgIpc) is 3.07. The van der Waals surface area contributed by atoms with Crippen molar-refractivity contribution in [3.8, 4) is 5.75 Å². The maximum atomic E-state index is 10.7. The second kappa shape index (κ2) is 11.1. The van der Waals surface area contributed by atoms with Gasteiger partial charge >= 0.3 is 0 Å². The largest absolute Gasteiger partial charge is 0.484 e. The minimum atomic E-state index is -0.493. The predicted molar refractivity (Wildman–Crippen MR) is 104 cm³/mol. The molecule has 134 valence electrons. The van der Waals surface area contributed by atoms with Crippen LogP contribution >= 0.6 is 24.0 Å². The highest BCUT2D eigenvalue weighted by molar-refractivity contribution is 14.0. The number of carbonyl (C=O) groups excluding carboxylic acids is 1. The maximum absolute atomic E-state index is 10.7. The molecule has 0 bridgehead atoms. The Labute approximate surface area is 159 Å². The highest BCUT2D eigenvalue weighted by Crippen LogP contribution is 2.13. The van der Waals surface area contributed by atoms with Crippen LogP contribution in [0.2, 0.25) is 0 Å². The minimum absolute atomic E-state index is 0. The summed E-state index contributed by atoms with van der Waals surface area (Å²) in [5.74, 6) is 0.849. The van der Waals surface area contributed by atoms with Crippen LogP contribution in [0.3, 0.4) is 0 Å². The first-order chi connectivity index (χ1) is 11.2. The zero-order valence-corrected chi connectivity index (χ0v) is 16.1. The molecule has 8 heteroatoms. The van der Waals surface area contributed by atoms with Crippen molar-refractivity contribution in [3.05, 3.63) is 29.8 Å². The van der Waals surface area contributed by atoms with Gasteiger partial charge in [0.15, 0.2) is 12.6 Å². The van der Waals surface area contributed by atoms with E-state index in [0.717, 1.165) is 37.5 Å². The molecule has 1 fully saturated rings. The molecule has 7 nitrogen and oxygen atoms in total. The van der Waals surface area contributed by atoms with Gasteiger partial charge in [0.25, 0.3) is 5.91 Å². The quantitative estimate of drug-likeness (QED) is 0.329. The van der Waals surface area contributed by atoms with E-state index in [-0.39, 0.29) is 36.7 Å². The van der Waals surface area contributed by atoms with E-state index < -0.39 is 5.91 Å². The summed E-state index contributed by atoms with van der Waals surface area (Å²) in [6, 6.07) is 7.49. The lowest BCUT2D eigenvalue weighted by molar-refractivity contribution is -0.119. The number of primary amides is 1. The van der Waals surface area contributed by atoms with Crippen LogP contribution in [0, 0.1) is 0 Å². The lowest BCUT2D eigenvalue weighted by atomic mass is 10.2. The normalized spacial score (nSPS) is 17.0. The number of nitrogens with zero attached hydrogens (tertiary/aromatic N) is 1. The van der Waals surface area contributed by atoms with E-state index in [1.54, 1.807) is 13.1 Å². The second-order valence-electron chi connectivity index (χ2n) is 5.34. The number of nitrogens with one attached hydrogen (secondary N) is 2. The van der Waals surface area contributed by atoms with Crippen molar-refractivity contribution < 1.29 is 14.3 Å². The lowest BCUT2D eigenvalue weighted by Crippen LogP contribution is -2.40. The fourth-order valence-electron chi connectivity index (χ4n) is 2.32. The summed E-state index contributed by atoms with van der Waals surface area (Å²) in [5, 5.41) is 6.50. The van der Waals surface area contributed by atoms with Crippen LogP contribution in [0.4, 0.5) is 0 Å². The van der Waals surface area contributed by atoms with Crippen LogP contribution in [-0.4, -0.2) is 44.8 Å². The number of rotatable bonds is 7. The van der Waals surface area contributed by atoms with E-state index in [1.165, 1.54) is 0 Å². The maximum Gasteiger partial charge on any atom is 0.255 e. The van der Waals surface area contributed by atoms with Crippen molar-refractivity contribution in [2.75, 3.05) is 26.8 Å². The van der Waals surface area contributed by atoms with Gasteiger partial charge in [0.05, 0.1) is 6.10 Å². The molecule has 0 radical (unpaired) electrons. The Bertz CT molecular complexity index is 548. The molecule has 4 N–H and O–H groups in total. The summed E-state index contributed by atoms with van der Waals surface area (Å²) in [5.41, 5.74) is 6.09. The Morgan fingerprint density at radius 2 is 2.29 bits per heavy atom. The first-order valence-electron chi connectivity index (χ1n) is 7.73. The summed E-state index contributed by atoms with van der Waals surface area (Å²) in [4.78, 5) is 14.9. The molecule has 1 heterocycles. The second-order valence-corrected chi connectivity index (χ2v) is 5.34. The molecule has 1 aromatic carbocycles. The van der Waals surface area contributed by atoms with Crippen molar-refractivity contribution in [1.82, 2.24) is 10.6 Å². The molecule has 1 unspecified atom stereocenters. The van der Waals surface area contributed by atoms with Crippen molar-refractivity contribution >= 4 is 35.8 Å². The van der Waals surface area contributed by atoms with Gasteiger partial charge in [-0.2, -0.15) is 0 Å². The Hall–Kier alpha value is -1.55. The first-order valence-corrected chi connectivity index (χ1v) is 7.73. The highest BCUT2D eigenvalue weighted by atomic mass is 127. The van der Waals surface area contributed by atoms with E-state index in [9.17, 15) is 4.79 Å². The SMILES string of the molecule is CN=C(NCc1cccc(OCC(N)=O)c1)NCC1CCCO1.I. The number of guanidine groups is 1. The molecule has 1 aliphatic heterocycles. The number of ether oxygens (including phenoxy) is 2. The van der Waals surface area contributed by atoms with Crippen molar-refractivity contribution in [2.45, 2.75) is 25.5 Å². The van der Waals surface area contributed by atoms with E-state index in [0.29, 0.717) is 12.3 Å². The van der Waals surface area contributed by atoms with Crippen LogP contribution in [0.1, 0.15) is 18.4 Å². The molecular formula is C16H25IN4O3. The van der Waals surface area contributed by atoms with Crippen molar-refractivity contribution in [3.63, 3.8) is 0 Å². The Morgan fingerprint density at radius 3 is 2.96 bits per heavy atom. The molecule has 24 heavy (non-hydrogen) atoms. The lowest BCUT2D eigenvalue weighted by Gasteiger charge is -2.15. The molecule has 1 aromatic rings. The molecule has 1 saturated heterocycles. The van der Waals surface area contributed by atoms with Crippen LogP contribution < -0.4 is 21.1 Å². The van der Waals surface area contributed by atoms with Crippen molar-refractivity contribution in [2.24, 2.45) is 10.7 Å².